The van der Waals surface area contributed by atoms with Gasteiger partial charge in [-0.2, -0.15) is 0 Å². The van der Waals surface area contributed by atoms with Crippen LogP contribution < -0.4 is 10.1 Å². The maximum atomic E-state index is 5.21. The molecule has 1 aromatic rings. The van der Waals surface area contributed by atoms with Crippen molar-refractivity contribution in [2.45, 2.75) is 33.2 Å². The van der Waals surface area contributed by atoms with E-state index in [-0.39, 0.29) is 0 Å². The van der Waals surface area contributed by atoms with E-state index in [2.05, 4.69) is 38.2 Å². The summed E-state index contributed by atoms with van der Waals surface area (Å²) in [6.07, 6.45) is 1.05. The molecule has 0 saturated carbocycles. The number of hydrogen-bond acceptors (Lipinski definition) is 2. The Balaban J connectivity index is 2.45. The van der Waals surface area contributed by atoms with Crippen LogP contribution in [0.1, 0.15) is 26.3 Å². The minimum Gasteiger partial charge on any atom is -0.497 e. The van der Waals surface area contributed by atoms with Gasteiger partial charge in [0.25, 0.3) is 0 Å². The second-order valence-electron chi connectivity index (χ2n) is 4.76. The molecule has 1 unspecified atom stereocenters. The van der Waals surface area contributed by atoms with Crippen LogP contribution in [0.2, 0.25) is 0 Å². The molecule has 0 heterocycles. The van der Waals surface area contributed by atoms with Crippen molar-refractivity contribution in [2.24, 2.45) is 5.92 Å². The first-order valence-corrected chi connectivity index (χ1v) is 5.98. The normalized spacial score (nSPS) is 12.8. The number of nitrogens with one attached hydrogen (secondary N) is 1. The molecule has 0 aliphatic heterocycles. The van der Waals surface area contributed by atoms with Crippen molar-refractivity contribution in [1.29, 1.82) is 0 Å². The monoisotopic (exact) mass is 221 g/mol. The highest BCUT2D eigenvalue weighted by Crippen LogP contribution is 2.13. The van der Waals surface area contributed by atoms with Crippen molar-refractivity contribution < 1.29 is 4.74 Å². The van der Waals surface area contributed by atoms with Crippen LogP contribution in [0.4, 0.5) is 0 Å². The molecule has 0 aromatic heterocycles. The van der Waals surface area contributed by atoms with Gasteiger partial charge in [0.15, 0.2) is 0 Å². The van der Waals surface area contributed by atoms with Crippen molar-refractivity contribution in [3.63, 3.8) is 0 Å². The molecule has 16 heavy (non-hydrogen) atoms. The van der Waals surface area contributed by atoms with E-state index >= 15 is 0 Å². The van der Waals surface area contributed by atoms with Crippen LogP contribution >= 0.6 is 0 Å². The van der Waals surface area contributed by atoms with E-state index in [0.717, 1.165) is 18.7 Å². The Morgan fingerprint density at radius 3 is 2.62 bits per heavy atom. The highest BCUT2D eigenvalue weighted by atomic mass is 16.5. The van der Waals surface area contributed by atoms with E-state index in [1.54, 1.807) is 7.11 Å². The fraction of sp³-hybridized carbons (Fsp3) is 0.571. The van der Waals surface area contributed by atoms with Crippen molar-refractivity contribution in [1.82, 2.24) is 5.32 Å². The predicted molar refractivity (Wildman–Crippen MR) is 69.0 cm³/mol. The first-order valence-electron chi connectivity index (χ1n) is 5.98. The zero-order valence-electron chi connectivity index (χ0n) is 10.8. The van der Waals surface area contributed by atoms with Crippen LogP contribution in [-0.2, 0) is 6.42 Å². The average Bonchev–Trinajstić information content (AvgIpc) is 2.26. The minimum absolute atomic E-state index is 0.509. The average molecular weight is 221 g/mol. The Morgan fingerprint density at radius 2 is 2.00 bits per heavy atom. The SMILES string of the molecule is COc1cccc(CC(C)NCC(C)C)c1. The summed E-state index contributed by atoms with van der Waals surface area (Å²) in [6.45, 7) is 7.75. The second-order valence-corrected chi connectivity index (χ2v) is 4.76. The van der Waals surface area contributed by atoms with Gasteiger partial charge < -0.3 is 10.1 Å². The molecule has 0 spiro atoms. The van der Waals surface area contributed by atoms with Crippen molar-refractivity contribution in [3.05, 3.63) is 29.8 Å². The summed E-state index contributed by atoms with van der Waals surface area (Å²) in [7, 11) is 1.71. The van der Waals surface area contributed by atoms with E-state index < -0.39 is 0 Å². The molecule has 1 atom stereocenters. The third-order valence-corrected chi connectivity index (χ3v) is 2.55. The van der Waals surface area contributed by atoms with Gasteiger partial charge in [0.1, 0.15) is 5.75 Å². The summed E-state index contributed by atoms with van der Waals surface area (Å²) < 4.78 is 5.21. The first kappa shape index (κ1) is 13.0. The summed E-state index contributed by atoms with van der Waals surface area (Å²) >= 11 is 0. The van der Waals surface area contributed by atoms with Gasteiger partial charge in [0, 0.05) is 6.04 Å². The Morgan fingerprint density at radius 1 is 1.25 bits per heavy atom. The molecule has 0 radical (unpaired) electrons. The van der Waals surface area contributed by atoms with Crippen molar-refractivity contribution in [2.75, 3.05) is 13.7 Å². The van der Waals surface area contributed by atoms with Crippen LogP contribution in [0.3, 0.4) is 0 Å². The predicted octanol–water partition coefficient (Wildman–Crippen LogP) is 2.87. The first-order chi connectivity index (χ1) is 7.61. The summed E-state index contributed by atoms with van der Waals surface area (Å²) in [5.41, 5.74) is 1.32. The molecule has 2 heteroatoms. The molecule has 1 rings (SSSR count). The number of benzene rings is 1. The Labute approximate surface area is 99.0 Å². The lowest BCUT2D eigenvalue weighted by Crippen LogP contribution is -2.31. The highest BCUT2D eigenvalue weighted by Gasteiger charge is 2.04. The zero-order chi connectivity index (χ0) is 12.0. The van der Waals surface area contributed by atoms with Crippen LogP contribution in [0, 0.1) is 5.92 Å². The summed E-state index contributed by atoms with van der Waals surface area (Å²) in [5.74, 6) is 1.64. The van der Waals surface area contributed by atoms with Gasteiger partial charge in [-0.05, 0) is 43.5 Å². The molecule has 1 aromatic carbocycles. The van der Waals surface area contributed by atoms with Crippen molar-refractivity contribution >= 4 is 0 Å². The fourth-order valence-electron chi connectivity index (χ4n) is 1.66. The smallest absolute Gasteiger partial charge is 0.119 e. The summed E-state index contributed by atoms with van der Waals surface area (Å²) in [6, 6.07) is 8.79. The van der Waals surface area contributed by atoms with Gasteiger partial charge >= 0.3 is 0 Å². The molecule has 90 valence electrons. The standard InChI is InChI=1S/C14H23NO/c1-11(2)10-15-12(3)8-13-6-5-7-14(9-13)16-4/h5-7,9,11-12,15H,8,10H2,1-4H3. The quantitative estimate of drug-likeness (QED) is 0.797. The number of hydrogen-bond donors (Lipinski definition) is 1. The van der Waals surface area contributed by atoms with Crippen molar-refractivity contribution in [3.8, 4) is 5.75 Å². The van der Waals surface area contributed by atoms with Gasteiger partial charge in [-0.25, -0.2) is 0 Å². The van der Waals surface area contributed by atoms with Crippen LogP contribution in [0.25, 0.3) is 0 Å². The molecular formula is C14H23NO. The highest BCUT2D eigenvalue weighted by molar-refractivity contribution is 5.28. The molecule has 1 N–H and O–H groups in total. The molecule has 0 fully saturated rings. The summed E-state index contributed by atoms with van der Waals surface area (Å²) in [5, 5.41) is 3.53. The van der Waals surface area contributed by atoms with Crippen LogP contribution in [-0.4, -0.2) is 19.7 Å². The number of methoxy groups -OCH3 is 1. The topological polar surface area (TPSA) is 21.3 Å². The fourth-order valence-corrected chi connectivity index (χ4v) is 1.66. The number of ether oxygens (including phenoxy) is 1. The van der Waals surface area contributed by atoms with Gasteiger partial charge in [-0.15, -0.1) is 0 Å². The lowest BCUT2D eigenvalue weighted by Gasteiger charge is -2.15. The maximum Gasteiger partial charge on any atom is 0.119 e. The lowest BCUT2D eigenvalue weighted by molar-refractivity contribution is 0.413. The van der Waals surface area contributed by atoms with Gasteiger partial charge in [0.2, 0.25) is 0 Å². The zero-order valence-corrected chi connectivity index (χ0v) is 10.8. The largest absolute Gasteiger partial charge is 0.497 e. The van der Waals surface area contributed by atoms with E-state index in [1.165, 1.54) is 5.56 Å². The number of rotatable bonds is 6. The van der Waals surface area contributed by atoms with E-state index in [0.29, 0.717) is 12.0 Å². The van der Waals surface area contributed by atoms with Gasteiger partial charge in [-0.3, -0.25) is 0 Å². The second kappa shape index (κ2) is 6.54. The molecule has 0 aliphatic carbocycles. The van der Waals surface area contributed by atoms with Gasteiger partial charge in [0.05, 0.1) is 7.11 Å². The Hall–Kier alpha value is -1.02. The lowest BCUT2D eigenvalue weighted by atomic mass is 10.1. The van der Waals surface area contributed by atoms with Crippen LogP contribution in [0.15, 0.2) is 24.3 Å². The Kier molecular flexibility index (Phi) is 5.33. The molecule has 0 bridgehead atoms. The molecule has 0 amide bonds. The van der Waals surface area contributed by atoms with E-state index in [9.17, 15) is 0 Å². The summed E-state index contributed by atoms with van der Waals surface area (Å²) in [4.78, 5) is 0. The van der Waals surface area contributed by atoms with Crippen LogP contribution in [0.5, 0.6) is 5.75 Å². The maximum absolute atomic E-state index is 5.21. The molecule has 2 nitrogen and oxygen atoms in total. The van der Waals surface area contributed by atoms with E-state index in [1.807, 2.05) is 12.1 Å². The third kappa shape index (κ3) is 4.67. The molecule has 0 saturated heterocycles. The van der Waals surface area contributed by atoms with Gasteiger partial charge in [-0.1, -0.05) is 26.0 Å². The molecule has 0 aliphatic rings. The third-order valence-electron chi connectivity index (χ3n) is 2.55. The van der Waals surface area contributed by atoms with E-state index in [4.69, 9.17) is 4.74 Å². The minimum atomic E-state index is 0.509. The molecular weight excluding hydrogens is 198 g/mol. The Bertz CT molecular complexity index is 309.